The van der Waals surface area contributed by atoms with Crippen LogP contribution < -0.4 is 0 Å². The Hall–Kier alpha value is -1.98. The number of benzene rings is 1. The van der Waals surface area contributed by atoms with Crippen molar-refractivity contribution in [3.63, 3.8) is 0 Å². The third-order valence-electron chi connectivity index (χ3n) is 6.07. The standard InChI is InChI=1S/C22H32F2N2O2/c1-5-15(3)22(28)26-11-9-16(10-12-26)20(25(4)21(27)6-2)13-17-7-8-18(23)14-19(17)24/h7-8,14-16,20H,5-6,9-13H2,1-4H3/t15-,20+/m0/s1. The van der Waals surface area contributed by atoms with Gasteiger partial charge in [-0.05, 0) is 43.2 Å². The second-order valence-electron chi connectivity index (χ2n) is 7.84. The van der Waals surface area contributed by atoms with Gasteiger partial charge >= 0.3 is 0 Å². The number of likely N-dealkylation sites (N-methyl/N-ethyl adjacent to an activating group) is 1. The number of carbonyl (C=O) groups is 2. The van der Waals surface area contributed by atoms with Crippen molar-refractivity contribution in [2.45, 2.75) is 58.9 Å². The number of likely N-dealkylation sites (tertiary alicyclic amines) is 1. The highest BCUT2D eigenvalue weighted by atomic mass is 19.1. The topological polar surface area (TPSA) is 40.6 Å². The van der Waals surface area contributed by atoms with E-state index in [0.29, 0.717) is 31.5 Å². The van der Waals surface area contributed by atoms with E-state index < -0.39 is 11.6 Å². The van der Waals surface area contributed by atoms with E-state index in [1.165, 1.54) is 12.1 Å². The van der Waals surface area contributed by atoms with Crippen LogP contribution in [-0.4, -0.2) is 47.8 Å². The minimum Gasteiger partial charge on any atom is -0.342 e. The highest BCUT2D eigenvalue weighted by Gasteiger charge is 2.33. The molecule has 0 spiro atoms. The van der Waals surface area contributed by atoms with Crippen LogP contribution in [0.25, 0.3) is 0 Å². The van der Waals surface area contributed by atoms with Gasteiger partial charge in [-0.15, -0.1) is 0 Å². The van der Waals surface area contributed by atoms with E-state index in [1.807, 2.05) is 25.7 Å². The van der Waals surface area contributed by atoms with Crippen LogP contribution in [0.5, 0.6) is 0 Å². The van der Waals surface area contributed by atoms with Crippen LogP contribution in [0.3, 0.4) is 0 Å². The largest absolute Gasteiger partial charge is 0.342 e. The second kappa shape index (κ2) is 9.99. The molecule has 1 aromatic rings. The summed E-state index contributed by atoms with van der Waals surface area (Å²) in [6.07, 6.45) is 3.09. The summed E-state index contributed by atoms with van der Waals surface area (Å²) in [5.41, 5.74) is 0.417. The van der Waals surface area contributed by atoms with Crippen molar-refractivity contribution >= 4 is 11.8 Å². The van der Waals surface area contributed by atoms with E-state index in [4.69, 9.17) is 0 Å². The first-order valence-electron chi connectivity index (χ1n) is 10.3. The fourth-order valence-corrected chi connectivity index (χ4v) is 3.96. The molecule has 0 N–H and O–H groups in total. The van der Waals surface area contributed by atoms with Gasteiger partial charge in [0.25, 0.3) is 0 Å². The van der Waals surface area contributed by atoms with Gasteiger partial charge in [-0.25, -0.2) is 8.78 Å². The molecule has 1 aliphatic rings. The summed E-state index contributed by atoms with van der Waals surface area (Å²) in [4.78, 5) is 28.4. The van der Waals surface area contributed by atoms with Crippen molar-refractivity contribution in [3.05, 3.63) is 35.4 Å². The molecule has 0 aliphatic carbocycles. The van der Waals surface area contributed by atoms with Gasteiger partial charge in [-0.2, -0.15) is 0 Å². The Bertz CT molecular complexity index is 687. The Kier molecular flexibility index (Phi) is 7.96. The number of rotatable bonds is 7. The molecule has 0 radical (unpaired) electrons. The predicted molar refractivity (Wildman–Crippen MR) is 106 cm³/mol. The monoisotopic (exact) mass is 394 g/mol. The van der Waals surface area contributed by atoms with Gasteiger partial charge in [0.05, 0.1) is 0 Å². The molecule has 0 bridgehead atoms. The molecular formula is C22H32F2N2O2. The molecule has 156 valence electrons. The normalized spacial score (nSPS) is 17.3. The molecule has 0 saturated carbocycles. The Morgan fingerprint density at radius 2 is 1.86 bits per heavy atom. The van der Waals surface area contributed by atoms with E-state index in [1.54, 1.807) is 11.9 Å². The average molecular weight is 395 g/mol. The summed E-state index contributed by atoms with van der Waals surface area (Å²) in [6.45, 7) is 7.08. The molecule has 1 fully saturated rings. The van der Waals surface area contributed by atoms with Gasteiger partial charge in [0.2, 0.25) is 11.8 Å². The lowest BCUT2D eigenvalue weighted by Crippen LogP contribution is -2.49. The quantitative estimate of drug-likeness (QED) is 0.701. The van der Waals surface area contributed by atoms with E-state index >= 15 is 0 Å². The fourth-order valence-electron chi connectivity index (χ4n) is 3.96. The van der Waals surface area contributed by atoms with Crippen LogP contribution in [0, 0.1) is 23.5 Å². The van der Waals surface area contributed by atoms with Crippen LogP contribution in [0.15, 0.2) is 18.2 Å². The number of halogens is 2. The molecule has 0 unspecified atom stereocenters. The number of hydrogen-bond donors (Lipinski definition) is 0. The van der Waals surface area contributed by atoms with Crippen LogP contribution in [0.2, 0.25) is 0 Å². The van der Waals surface area contributed by atoms with E-state index in [9.17, 15) is 18.4 Å². The third kappa shape index (κ3) is 5.30. The van der Waals surface area contributed by atoms with Crippen LogP contribution >= 0.6 is 0 Å². The molecule has 4 nitrogen and oxygen atoms in total. The van der Waals surface area contributed by atoms with Gasteiger partial charge in [0.15, 0.2) is 0 Å². The summed E-state index contributed by atoms with van der Waals surface area (Å²) in [7, 11) is 1.76. The lowest BCUT2D eigenvalue weighted by Gasteiger charge is -2.40. The zero-order chi connectivity index (χ0) is 20.8. The highest BCUT2D eigenvalue weighted by molar-refractivity contribution is 5.78. The smallest absolute Gasteiger partial charge is 0.225 e. The Morgan fingerprint density at radius 3 is 2.39 bits per heavy atom. The van der Waals surface area contributed by atoms with Gasteiger partial charge in [-0.3, -0.25) is 9.59 Å². The van der Waals surface area contributed by atoms with Gasteiger partial charge < -0.3 is 9.80 Å². The van der Waals surface area contributed by atoms with Crippen molar-refractivity contribution in [2.75, 3.05) is 20.1 Å². The number of carbonyl (C=O) groups excluding carboxylic acids is 2. The summed E-state index contributed by atoms with van der Waals surface area (Å²) in [5, 5.41) is 0. The van der Waals surface area contributed by atoms with Crippen LogP contribution in [-0.2, 0) is 16.0 Å². The van der Waals surface area contributed by atoms with Gasteiger partial charge in [0.1, 0.15) is 11.6 Å². The number of piperidine rings is 1. The number of amides is 2. The fraction of sp³-hybridized carbons (Fsp3) is 0.636. The molecule has 2 amide bonds. The molecule has 6 heteroatoms. The Morgan fingerprint density at radius 1 is 1.21 bits per heavy atom. The van der Waals surface area contributed by atoms with Crippen molar-refractivity contribution < 1.29 is 18.4 Å². The maximum absolute atomic E-state index is 14.2. The summed E-state index contributed by atoms with van der Waals surface area (Å²) in [5.74, 6) is -0.805. The summed E-state index contributed by atoms with van der Waals surface area (Å²) < 4.78 is 27.5. The van der Waals surface area contributed by atoms with Crippen molar-refractivity contribution in [2.24, 2.45) is 11.8 Å². The lowest BCUT2D eigenvalue weighted by atomic mass is 9.84. The first kappa shape index (κ1) is 22.3. The highest BCUT2D eigenvalue weighted by Crippen LogP contribution is 2.28. The Labute approximate surface area is 166 Å². The molecule has 1 heterocycles. The minimum atomic E-state index is -0.604. The zero-order valence-electron chi connectivity index (χ0n) is 17.4. The zero-order valence-corrected chi connectivity index (χ0v) is 17.4. The molecule has 1 aliphatic heterocycles. The average Bonchev–Trinajstić information content (AvgIpc) is 2.71. The molecular weight excluding hydrogens is 362 g/mol. The molecule has 0 aromatic heterocycles. The van der Waals surface area contributed by atoms with Crippen molar-refractivity contribution in [1.29, 1.82) is 0 Å². The number of nitrogens with zero attached hydrogens (tertiary/aromatic N) is 2. The summed E-state index contributed by atoms with van der Waals surface area (Å²) >= 11 is 0. The first-order valence-corrected chi connectivity index (χ1v) is 10.3. The Balaban J connectivity index is 2.14. The minimum absolute atomic E-state index is 0.00521. The summed E-state index contributed by atoms with van der Waals surface area (Å²) in [6, 6.07) is 3.43. The van der Waals surface area contributed by atoms with Crippen LogP contribution in [0.1, 0.15) is 52.0 Å². The maximum Gasteiger partial charge on any atom is 0.225 e. The maximum atomic E-state index is 14.2. The second-order valence-corrected chi connectivity index (χ2v) is 7.84. The van der Waals surface area contributed by atoms with Gasteiger partial charge in [0, 0.05) is 44.6 Å². The molecule has 1 saturated heterocycles. The molecule has 28 heavy (non-hydrogen) atoms. The van der Waals surface area contributed by atoms with E-state index in [2.05, 4.69) is 0 Å². The molecule has 1 aromatic carbocycles. The van der Waals surface area contributed by atoms with E-state index in [-0.39, 0.29) is 29.7 Å². The molecule has 2 rings (SSSR count). The van der Waals surface area contributed by atoms with Crippen molar-refractivity contribution in [3.8, 4) is 0 Å². The van der Waals surface area contributed by atoms with Gasteiger partial charge in [-0.1, -0.05) is 26.8 Å². The SMILES string of the molecule is CCC(=O)N(C)[C@H](Cc1ccc(F)cc1F)C1CCN(C(=O)[C@@H](C)CC)CC1. The van der Waals surface area contributed by atoms with E-state index in [0.717, 1.165) is 25.3 Å². The number of hydrogen-bond acceptors (Lipinski definition) is 2. The third-order valence-corrected chi connectivity index (χ3v) is 6.07. The lowest BCUT2D eigenvalue weighted by molar-refractivity contribution is -0.138. The predicted octanol–water partition coefficient (Wildman–Crippen LogP) is 4.03. The molecule has 2 atom stereocenters. The first-order chi connectivity index (χ1) is 13.3. The van der Waals surface area contributed by atoms with Crippen molar-refractivity contribution in [1.82, 2.24) is 9.80 Å². The van der Waals surface area contributed by atoms with Crippen LogP contribution in [0.4, 0.5) is 8.78 Å².